The number of rotatable bonds is 2. The van der Waals surface area contributed by atoms with Crippen LogP contribution in [0.25, 0.3) is 0 Å². The van der Waals surface area contributed by atoms with E-state index in [2.05, 4.69) is 13.1 Å². The van der Waals surface area contributed by atoms with Crippen molar-refractivity contribution in [2.45, 2.75) is 25.9 Å². The minimum atomic E-state index is -1.82. The molecule has 1 saturated heterocycles. The lowest BCUT2D eigenvalue weighted by atomic mass is 10.4. The SMILES string of the molecule is CO[Si](C)(C)N1CCCC1=O. The van der Waals surface area contributed by atoms with E-state index in [1.54, 1.807) is 7.11 Å². The van der Waals surface area contributed by atoms with Crippen LogP contribution in [-0.2, 0) is 9.22 Å². The van der Waals surface area contributed by atoms with Gasteiger partial charge in [-0.2, -0.15) is 0 Å². The second-order valence-electron chi connectivity index (χ2n) is 3.30. The van der Waals surface area contributed by atoms with Gasteiger partial charge in [0.1, 0.15) is 0 Å². The Labute approximate surface area is 68.5 Å². The van der Waals surface area contributed by atoms with Gasteiger partial charge in [0.05, 0.1) is 0 Å². The maximum Gasteiger partial charge on any atom is 0.296 e. The van der Waals surface area contributed by atoms with Crippen LogP contribution in [0.1, 0.15) is 12.8 Å². The van der Waals surface area contributed by atoms with Crippen molar-refractivity contribution < 1.29 is 9.22 Å². The fraction of sp³-hybridized carbons (Fsp3) is 0.857. The summed E-state index contributed by atoms with van der Waals surface area (Å²) in [6.45, 7) is 5.00. The van der Waals surface area contributed by atoms with Gasteiger partial charge in [-0.1, -0.05) is 0 Å². The molecule has 0 radical (unpaired) electrons. The first-order valence-electron chi connectivity index (χ1n) is 3.93. The summed E-state index contributed by atoms with van der Waals surface area (Å²) in [6.07, 6.45) is 1.71. The molecule has 0 atom stereocenters. The molecule has 0 saturated carbocycles. The monoisotopic (exact) mass is 173 g/mol. The highest BCUT2D eigenvalue weighted by molar-refractivity contribution is 6.70. The molecule has 0 aliphatic carbocycles. The molecular formula is C7H15NO2Si. The second kappa shape index (κ2) is 2.95. The Bertz CT molecular complexity index is 170. The van der Waals surface area contributed by atoms with E-state index < -0.39 is 8.48 Å². The van der Waals surface area contributed by atoms with Gasteiger partial charge >= 0.3 is 0 Å². The highest BCUT2D eigenvalue weighted by atomic mass is 28.4. The third kappa shape index (κ3) is 1.62. The Kier molecular flexibility index (Phi) is 2.34. The molecule has 1 amide bonds. The first-order valence-corrected chi connectivity index (χ1v) is 6.79. The normalized spacial score (nSPS) is 19.5. The fourth-order valence-corrected chi connectivity index (χ4v) is 2.96. The summed E-state index contributed by atoms with van der Waals surface area (Å²) in [4.78, 5) is 11.3. The minimum Gasteiger partial charge on any atom is -0.402 e. The molecule has 0 unspecified atom stereocenters. The average molecular weight is 173 g/mol. The molecule has 0 N–H and O–H groups in total. The standard InChI is InChI=1S/C7H15NO2Si/c1-10-11(2,3)8-6-4-5-7(8)9/h4-6H2,1-3H3. The van der Waals surface area contributed by atoms with Crippen LogP contribution in [0.2, 0.25) is 13.1 Å². The van der Waals surface area contributed by atoms with Crippen LogP contribution in [-0.4, -0.2) is 32.6 Å². The number of hydrogen-bond acceptors (Lipinski definition) is 2. The van der Waals surface area contributed by atoms with Crippen LogP contribution in [0, 0.1) is 0 Å². The molecule has 64 valence electrons. The Morgan fingerprint density at radius 2 is 2.18 bits per heavy atom. The quantitative estimate of drug-likeness (QED) is 0.582. The topological polar surface area (TPSA) is 29.5 Å². The molecule has 0 bridgehead atoms. The Morgan fingerprint density at radius 1 is 1.55 bits per heavy atom. The van der Waals surface area contributed by atoms with Crippen LogP contribution in [0.3, 0.4) is 0 Å². The van der Waals surface area contributed by atoms with Crippen molar-refractivity contribution in [3.05, 3.63) is 0 Å². The molecule has 3 nitrogen and oxygen atoms in total. The zero-order valence-electron chi connectivity index (χ0n) is 7.39. The van der Waals surface area contributed by atoms with E-state index in [1.807, 2.05) is 4.57 Å². The van der Waals surface area contributed by atoms with Gasteiger partial charge in [-0.25, -0.2) is 0 Å². The van der Waals surface area contributed by atoms with Crippen LogP contribution >= 0.6 is 0 Å². The highest BCUT2D eigenvalue weighted by Crippen LogP contribution is 2.18. The van der Waals surface area contributed by atoms with Crippen LogP contribution in [0.15, 0.2) is 0 Å². The number of carbonyl (C=O) groups is 1. The summed E-state index contributed by atoms with van der Waals surface area (Å²) in [6, 6.07) is 0. The summed E-state index contributed by atoms with van der Waals surface area (Å²) in [5.74, 6) is 0.267. The molecule has 1 aliphatic heterocycles. The van der Waals surface area contributed by atoms with Crippen molar-refractivity contribution in [3.63, 3.8) is 0 Å². The molecule has 1 rings (SSSR count). The molecule has 1 fully saturated rings. The summed E-state index contributed by atoms with van der Waals surface area (Å²) < 4.78 is 7.26. The first kappa shape index (κ1) is 8.74. The summed E-state index contributed by atoms with van der Waals surface area (Å²) in [5, 5.41) is 0. The maximum absolute atomic E-state index is 11.3. The summed E-state index contributed by atoms with van der Waals surface area (Å²) in [5.41, 5.74) is 0. The van der Waals surface area contributed by atoms with E-state index in [1.165, 1.54) is 0 Å². The van der Waals surface area contributed by atoms with Crippen LogP contribution in [0.5, 0.6) is 0 Å². The molecule has 1 heterocycles. The van der Waals surface area contributed by atoms with Gasteiger partial charge in [0.15, 0.2) is 0 Å². The van der Waals surface area contributed by atoms with Gasteiger partial charge in [0, 0.05) is 20.1 Å². The lowest BCUT2D eigenvalue weighted by molar-refractivity contribution is -0.124. The van der Waals surface area contributed by atoms with E-state index in [4.69, 9.17) is 4.43 Å². The Morgan fingerprint density at radius 3 is 2.55 bits per heavy atom. The zero-order chi connectivity index (χ0) is 8.48. The molecule has 4 heteroatoms. The number of hydrogen-bond donors (Lipinski definition) is 0. The Hall–Kier alpha value is -0.353. The molecule has 0 aromatic carbocycles. The number of carbonyl (C=O) groups excluding carboxylic acids is 1. The van der Waals surface area contributed by atoms with Gasteiger partial charge in [0.25, 0.3) is 8.48 Å². The lowest BCUT2D eigenvalue weighted by Crippen LogP contribution is -2.51. The Balaban J connectivity index is 2.65. The van der Waals surface area contributed by atoms with E-state index >= 15 is 0 Å². The molecule has 11 heavy (non-hydrogen) atoms. The first-order chi connectivity index (χ1) is 5.08. The number of nitrogens with zero attached hydrogens (tertiary/aromatic N) is 1. The lowest BCUT2D eigenvalue weighted by Gasteiger charge is -2.30. The van der Waals surface area contributed by atoms with Crippen molar-refractivity contribution in [3.8, 4) is 0 Å². The smallest absolute Gasteiger partial charge is 0.296 e. The van der Waals surface area contributed by atoms with E-state index in [-0.39, 0.29) is 5.91 Å². The minimum absolute atomic E-state index is 0.267. The van der Waals surface area contributed by atoms with Crippen LogP contribution in [0.4, 0.5) is 0 Å². The van der Waals surface area contributed by atoms with Crippen molar-refractivity contribution in [1.82, 2.24) is 4.57 Å². The third-order valence-electron chi connectivity index (χ3n) is 2.22. The molecule has 0 aromatic rings. The zero-order valence-corrected chi connectivity index (χ0v) is 8.39. The second-order valence-corrected chi connectivity index (χ2v) is 7.14. The van der Waals surface area contributed by atoms with Crippen LogP contribution < -0.4 is 0 Å². The van der Waals surface area contributed by atoms with Crippen molar-refractivity contribution in [2.75, 3.05) is 13.7 Å². The van der Waals surface area contributed by atoms with E-state index in [0.29, 0.717) is 6.42 Å². The van der Waals surface area contributed by atoms with Gasteiger partial charge in [-0.3, -0.25) is 4.79 Å². The highest BCUT2D eigenvalue weighted by Gasteiger charge is 2.36. The predicted octanol–water partition coefficient (Wildman–Crippen LogP) is 0.957. The van der Waals surface area contributed by atoms with E-state index in [9.17, 15) is 4.79 Å². The third-order valence-corrected chi connectivity index (χ3v) is 5.00. The number of amides is 1. The van der Waals surface area contributed by atoms with Gasteiger partial charge in [0.2, 0.25) is 5.91 Å². The average Bonchev–Trinajstić information content (AvgIpc) is 2.36. The van der Waals surface area contributed by atoms with Gasteiger partial charge in [-0.15, -0.1) is 0 Å². The van der Waals surface area contributed by atoms with E-state index in [0.717, 1.165) is 13.0 Å². The molecular weight excluding hydrogens is 158 g/mol. The largest absolute Gasteiger partial charge is 0.402 e. The van der Waals surface area contributed by atoms with Gasteiger partial charge < -0.3 is 8.99 Å². The van der Waals surface area contributed by atoms with Crippen molar-refractivity contribution >= 4 is 14.4 Å². The van der Waals surface area contributed by atoms with Crippen molar-refractivity contribution in [2.24, 2.45) is 0 Å². The molecule has 0 aromatic heterocycles. The van der Waals surface area contributed by atoms with Crippen molar-refractivity contribution in [1.29, 1.82) is 0 Å². The summed E-state index contributed by atoms with van der Waals surface area (Å²) in [7, 11) is -0.131. The predicted molar refractivity (Wildman–Crippen MR) is 45.4 cm³/mol. The van der Waals surface area contributed by atoms with Gasteiger partial charge in [-0.05, 0) is 19.5 Å². The summed E-state index contributed by atoms with van der Waals surface area (Å²) >= 11 is 0. The fourth-order valence-electron chi connectivity index (χ4n) is 1.33. The maximum atomic E-state index is 11.3. The molecule has 1 aliphatic rings. The molecule has 0 spiro atoms.